The Hall–Kier alpha value is -1.48. The lowest BCUT2D eigenvalue weighted by Crippen LogP contribution is -2.38. The summed E-state index contributed by atoms with van der Waals surface area (Å²) in [7, 11) is 0. The minimum atomic E-state index is -0.133. The lowest BCUT2D eigenvalue weighted by Gasteiger charge is -2.26. The van der Waals surface area contributed by atoms with Crippen LogP contribution in [0.15, 0.2) is 18.2 Å². The molecule has 2 fully saturated rings. The number of hydrogen-bond acceptors (Lipinski definition) is 4. The van der Waals surface area contributed by atoms with E-state index < -0.39 is 0 Å². The Morgan fingerprint density at radius 3 is 2.74 bits per heavy atom. The molecule has 4 rings (SSSR count). The molecule has 0 spiro atoms. The smallest absolute Gasteiger partial charge is 0.272 e. The molecule has 6 nitrogen and oxygen atoms in total. The van der Waals surface area contributed by atoms with Gasteiger partial charge in [0.25, 0.3) is 5.91 Å². The van der Waals surface area contributed by atoms with Crippen molar-refractivity contribution in [1.29, 1.82) is 0 Å². The van der Waals surface area contributed by atoms with Gasteiger partial charge in [-0.15, -0.1) is 0 Å². The van der Waals surface area contributed by atoms with E-state index in [9.17, 15) is 9.59 Å². The largest absolute Gasteiger partial charge is 0.356 e. The molecule has 2 heterocycles. The second kappa shape index (κ2) is 8.26. The van der Waals surface area contributed by atoms with Crippen LogP contribution in [-0.2, 0) is 9.53 Å². The molecule has 2 aromatic rings. The third-order valence-electron chi connectivity index (χ3n) is 5.61. The molecule has 7 heteroatoms. The second-order valence-corrected chi connectivity index (χ2v) is 8.74. The molecule has 1 unspecified atom stereocenters. The van der Waals surface area contributed by atoms with Crippen LogP contribution in [0.25, 0.3) is 10.9 Å². The number of ether oxygens (including phenoxy) is 1. The normalized spacial score (nSPS) is 26.0. The molecule has 1 atom stereocenters. The summed E-state index contributed by atoms with van der Waals surface area (Å²) in [6.45, 7) is 0.734. The molecule has 1 aliphatic carbocycles. The number of amides is 1. The van der Waals surface area contributed by atoms with E-state index in [0.717, 1.165) is 72.3 Å². The minimum absolute atomic E-state index is 0.106. The predicted molar refractivity (Wildman–Crippen MR) is 111 cm³/mol. The number of fused-ring (bicyclic) bond motifs is 1. The van der Waals surface area contributed by atoms with Gasteiger partial charge >= 0.3 is 0 Å². The summed E-state index contributed by atoms with van der Waals surface area (Å²) < 4.78 is 8.85. The number of nitrogens with zero attached hydrogens (tertiary/aromatic N) is 2. The van der Waals surface area contributed by atoms with Crippen molar-refractivity contribution in [3.63, 3.8) is 0 Å². The second-order valence-electron chi connectivity index (χ2n) is 7.50. The maximum atomic E-state index is 13.0. The molecule has 0 bridgehead atoms. The Balaban J connectivity index is 1.59. The zero-order valence-corrected chi connectivity index (χ0v) is 17.4. The maximum Gasteiger partial charge on any atom is 0.272 e. The van der Waals surface area contributed by atoms with Gasteiger partial charge in [0, 0.05) is 27.5 Å². The van der Waals surface area contributed by atoms with Crippen molar-refractivity contribution in [2.45, 2.75) is 57.2 Å². The highest BCUT2D eigenvalue weighted by atomic mass is 127. The number of rotatable bonds is 4. The Morgan fingerprint density at radius 2 is 2.04 bits per heavy atom. The number of benzene rings is 1. The van der Waals surface area contributed by atoms with Crippen molar-refractivity contribution in [3.8, 4) is 0 Å². The number of hydrogen-bond donors (Lipinski definition) is 1. The van der Waals surface area contributed by atoms with Crippen molar-refractivity contribution in [2.24, 2.45) is 5.92 Å². The van der Waals surface area contributed by atoms with E-state index in [1.165, 1.54) is 0 Å². The number of carbonyl (C=O) groups is 2. The van der Waals surface area contributed by atoms with Crippen LogP contribution in [0.4, 0.5) is 0 Å². The highest BCUT2D eigenvalue weighted by Crippen LogP contribution is 2.29. The Kier molecular flexibility index (Phi) is 5.77. The molecule has 1 aromatic heterocycles. The fourth-order valence-corrected chi connectivity index (χ4v) is 4.56. The zero-order valence-electron chi connectivity index (χ0n) is 15.2. The van der Waals surface area contributed by atoms with E-state index in [1.54, 1.807) is 0 Å². The van der Waals surface area contributed by atoms with Gasteiger partial charge in [-0.3, -0.25) is 4.79 Å². The van der Waals surface area contributed by atoms with E-state index in [1.807, 2.05) is 22.9 Å². The average Bonchev–Trinajstić information content (AvgIpc) is 3.08. The molecule has 1 aromatic carbocycles. The lowest BCUT2D eigenvalue weighted by molar-refractivity contribution is -0.111. The topological polar surface area (TPSA) is 73.2 Å². The van der Waals surface area contributed by atoms with E-state index in [-0.39, 0.29) is 24.1 Å². The van der Waals surface area contributed by atoms with Gasteiger partial charge in [-0.05, 0) is 85.7 Å². The van der Waals surface area contributed by atoms with Crippen LogP contribution in [-0.4, -0.2) is 34.6 Å². The fraction of sp³-hybridized carbons (Fsp3) is 0.550. The van der Waals surface area contributed by atoms with Gasteiger partial charge in [0.1, 0.15) is 6.29 Å². The van der Waals surface area contributed by atoms with Crippen molar-refractivity contribution in [2.75, 3.05) is 6.61 Å². The van der Waals surface area contributed by atoms with Gasteiger partial charge in [0.15, 0.2) is 11.9 Å². The summed E-state index contributed by atoms with van der Waals surface area (Å²) in [6, 6.07) is 6.18. The molecule has 1 saturated carbocycles. The summed E-state index contributed by atoms with van der Waals surface area (Å²) in [6.07, 6.45) is 7.41. The summed E-state index contributed by atoms with van der Waals surface area (Å²) in [5, 5.41) is 8.67. The maximum absolute atomic E-state index is 13.0. The monoisotopic (exact) mass is 481 g/mol. The van der Waals surface area contributed by atoms with Crippen LogP contribution in [0.2, 0.25) is 0 Å². The number of nitrogens with one attached hydrogen (secondary N) is 1. The molecule has 1 aliphatic heterocycles. The Bertz CT molecular complexity index is 836. The van der Waals surface area contributed by atoms with Crippen LogP contribution in [0.3, 0.4) is 0 Å². The van der Waals surface area contributed by atoms with Crippen molar-refractivity contribution in [1.82, 2.24) is 15.1 Å². The number of aldehydes is 1. The molecule has 1 N–H and O–H groups in total. The molecular formula is C20H24IN3O3. The first-order valence-corrected chi connectivity index (χ1v) is 10.8. The van der Waals surface area contributed by atoms with Crippen molar-refractivity contribution in [3.05, 3.63) is 27.5 Å². The van der Waals surface area contributed by atoms with Gasteiger partial charge in [-0.2, -0.15) is 5.10 Å². The van der Waals surface area contributed by atoms with E-state index in [2.05, 4.69) is 33.0 Å². The molecule has 1 saturated heterocycles. The highest BCUT2D eigenvalue weighted by molar-refractivity contribution is 14.1. The number of halogens is 1. The molecular weight excluding hydrogens is 457 g/mol. The van der Waals surface area contributed by atoms with Gasteiger partial charge in [0.05, 0.1) is 5.52 Å². The minimum Gasteiger partial charge on any atom is -0.356 e. The van der Waals surface area contributed by atoms with Crippen LogP contribution in [0.1, 0.15) is 61.7 Å². The van der Waals surface area contributed by atoms with E-state index in [4.69, 9.17) is 4.74 Å². The number of aromatic nitrogens is 2. The Labute approximate surface area is 172 Å². The third-order valence-corrected chi connectivity index (χ3v) is 6.28. The first kappa shape index (κ1) is 18.9. The molecule has 2 aliphatic rings. The van der Waals surface area contributed by atoms with Crippen LogP contribution >= 0.6 is 22.6 Å². The van der Waals surface area contributed by atoms with Gasteiger partial charge in [0.2, 0.25) is 0 Å². The van der Waals surface area contributed by atoms with Crippen molar-refractivity contribution >= 4 is 45.7 Å². The Morgan fingerprint density at radius 1 is 1.22 bits per heavy atom. The number of carbonyl (C=O) groups excluding carboxylic acids is 2. The first-order valence-electron chi connectivity index (χ1n) is 9.71. The van der Waals surface area contributed by atoms with Gasteiger partial charge < -0.3 is 14.8 Å². The summed E-state index contributed by atoms with van der Waals surface area (Å²) in [5.74, 6) is 0.00864. The molecule has 27 heavy (non-hydrogen) atoms. The van der Waals surface area contributed by atoms with Crippen LogP contribution in [0.5, 0.6) is 0 Å². The standard InChI is InChI=1S/C20H24IN3O3/c21-14-6-9-17-16(11-14)19(23-24(17)18-3-1-2-10-27-18)20(26)22-15-7-4-13(12-25)5-8-15/h6,9,11-13,15,18H,1-5,7-8,10H2,(H,22,26). The molecule has 1 amide bonds. The third kappa shape index (κ3) is 4.03. The van der Waals surface area contributed by atoms with E-state index >= 15 is 0 Å². The highest BCUT2D eigenvalue weighted by Gasteiger charge is 2.27. The van der Waals surface area contributed by atoms with Gasteiger partial charge in [-0.1, -0.05) is 0 Å². The van der Waals surface area contributed by atoms with Crippen LogP contribution in [0, 0.1) is 9.49 Å². The summed E-state index contributed by atoms with van der Waals surface area (Å²) in [4.78, 5) is 23.9. The first-order chi connectivity index (χ1) is 13.2. The predicted octanol–water partition coefficient (Wildman–Crippen LogP) is 3.83. The summed E-state index contributed by atoms with van der Waals surface area (Å²) >= 11 is 2.26. The lowest BCUT2D eigenvalue weighted by atomic mass is 9.87. The van der Waals surface area contributed by atoms with E-state index in [0.29, 0.717) is 5.69 Å². The average molecular weight is 481 g/mol. The van der Waals surface area contributed by atoms with Gasteiger partial charge in [-0.25, -0.2) is 4.68 Å². The fourth-order valence-electron chi connectivity index (χ4n) is 4.07. The summed E-state index contributed by atoms with van der Waals surface area (Å²) in [5.41, 5.74) is 1.41. The van der Waals surface area contributed by atoms with Crippen LogP contribution < -0.4 is 5.32 Å². The van der Waals surface area contributed by atoms with Crippen molar-refractivity contribution < 1.29 is 14.3 Å². The molecule has 0 radical (unpaired) electrons. The quantitative estimate of drug-likeness (QED) is 0.533. The SMILES string of the molecule is O=CC1CCC(NC(=O)c2nn(C3CCCCO3)c3ccc(I)cc23)CC1. The zero-order chi connectivity index (χ0) is 18.8. The molecule has 144 valence electrons.